The molecule has 1 aromatic heterocycles. The number of halogens is 1. The number of carbonyl (C=O) groups is 1. The molecule has 12 heteroatoms. The monoisotopic (exact) mass is 314 g/mol. The Morgan fingerprint density at radius 2 is 2.05 bits per heavy atom. The van der Waals surface area contributed by atoms with E-state index in [2.05, 4.69) is 5.10 Å². The van der Waals surface area contributed by atoms with Gasteiger partial charge in [0.1, 0.15) is 6.61 Å². The standard InChI is InChI=1S/C7H11ClN4O6S/c1-3-17-6-9-11(5(13)10-19(8,15)16)7(14)12(6)18-4-2/h3-4H2,1-2H3,(H,10,13). The quantitative estimate of drug-likeness (QED) is 0.687. The minimum absolute atomic E-state index is 0.112. The lowest BCUT2D eigenvalue weighted by molar-refractivity contribution is 0.0859. The average Bonchev–Trinajstić information content (AvgIpc) is 2.56. The van der Waals surface area contributed by atoms with Gasteiger partial charge in [-0.15, -0.1) is 9.78 Å². The Morgan fingerprint density at radius 3 is 2.53 bits per heavy atom. The molecular weight excluding hydrogens is 304 g/mol. The maximum absolute atomic E-state index is 11.7. The number of aromatic nitrogens is 3. The molecule has 0 aliphatic heterocycles. The van der Waals surface area contributed by atoms with Crippen molar-refractivity contribution in [3.05, 3.63) is 10.5 Å². The second kappa shape index (κ2) is 5.93. The summed E-state index contributed by atoms with van der Waals surface area (Å²) in [7, 11) is 0.493. The third kappa shape index (κ3) is 3.86. The molecule has 0 aliphatic rings. The molecule has 108 valence electrons. The Kier molecular flexibility index (Phi) is 4.78. The summed E-state index contributed by atoms with van der Waals surface area (Å²) in [6, 6.07) is -1.63. The van der Waals surface area contributed by atoms with E-state index in [-0.39, 0.29) is 23.9 Å². The van der Waals surface area contributed by atoms with Crippen LogP contribution in [0.4, 0.5) is 4.79 Å². The number of rotatable bonds is 5. The van der Waals surface area contributed by atoms with Crippen LogP contribution in [0.5, 0.6) is 6.01 Å². The summed E-state index contributed by atoms with van der Waals surface area (Å²) in [5.41, 5.74) is -1.02. The van der Waals surface area contributed by atoms with E-state index in [1.54, 1.807) is 13.8 Å². The van der Waals surface area contributed by atoms with E-state index in [1.807, 2.05) is 0 Å². The Hall–Kier alpha value is -1.75. The van der Waals surface area contributed by atoms with Crippen LogP contribution in [0.2, 0.25) is 0 Å². The number of amides is 1. The highest BCUT2D eigenvalue weighted by Gasteiger charge is 2.22. The van der Waals surface area contributed by atoms with Crippen molar-refractivity contribution in [1.29, 1.82) is 0 Å². The first-order valence-corrected chi connectivity index (χ1v) is 7.36. The van der Waals surface area contributed by atoms with Gasteiger partial charge in [-0.1, -0.05) is 4.73 Å². The number of carbonyl (C=O) groups excluding carboxylic acids is 1. The molecular formula is C7H11ClN4O6S. The maximum atomic E-state index is 11.7. The van der Waals surface area contributed by atoms with Gasteiger partial charge in [-0.2, -0.15) is 8.42 Å². The van der Waals surface area contributed by atoms with E-state index in [9.17, 15) is 18.0 Å². The average molecular weight is 315 g/mol. The summed E-state index contributed by atoms with van der Waals surface area (Å²) in [5, 5.41) is 3.49. The normalized spacial score (nSPS) is 11.1. The number of nitrogens with zero attached hydrogens (tertiary/aromatic N) is 3. The van der Waals surface area contributed by atoms with Crippen molar-refractivity contribution >= 4 is 26.0 Å². The van der Waals surface area contributed by atoms with Crippen LogP contribution in [0.15, 0.2) is 4.79 Å². The number of nitrogens with one attached hydrogen (secondary N) is 1. The molecule has 0 radical (unpaired) electrons. The fraction of sp³-hybridized carbons (Fsp3) is 0.571. The van der Waals surface area contributed by atoms with Crippen LogP contribution in [0, 0.1) is 0 Å². The second-order valence-electron chi connectivity index (χ2n) is 2.97. The molecule has 1 aromatic rings. The topological polar surface area (TPSA) is 122 Å². The van der Waals surface area contributed by atoms with Crippen molar-refractivity contribution in [1.82, 2.24) is 19.2 Å². The first-order valence-electron chi connectivity index (χ1n) is 5.05. The van der Waals surface area contributed by atoms with Gasteiger partial charge in [0.25, 0.3) is 0 Å². The molecule has 0 fully saturated rings. The molecule has 1 N–H and O–H groups in total. The predicted molar refractivity (Wildman–Crippen MR) is 63.5 cm³/mol. The van der Waals surface area contributed by atoms with Crippen LogP contribution >= 0.6 is 10.7 Å². The van der Waals surface area contributed by atoms with Gasteiger partial charge in [0.15, 0.2) is 0 Å². The summed E-state index contributed by atoms with van der Waals surface area (Å²) >= 11 is 0. The highest BCUT2D eigenvalue weighted by atomic mass is 35.7. The molecule has 0 bridgehead atoms. The van der Waals surface area contributed by atoms with Crippen molar-refractivity contribution in [3.8, 4) is 6.01 Å². The van der Waals surface area contributed by atoms with E-state index in [0.717, 1.165) is 0 Å². The number of hydrogen-bond donors (Lipinski definition) is 1. The van der Waals surface area contributed by atoms with Crippen molar-refractivity contribution in [2.24, 2.45) is 0 Å². The van der Waals surface area contributed by atoms with Crippen molar-refractivity contribution < 1.29 is 22.8 Å². The van der Waals surface area contributed by atoms with Crippen molar-refractivity contribution in [2.75, 3.05) is 13.2 Å². The van der Waals surface area contributed by atoms with E-state index >= 15 is 0 Å². The van der Waals surface area contributed by atoms with E-state index in [1.165, 1.54) is 4.72 Å². The fourth-order valence-electron chi connectivity index (χ4n) is 1.07. The second-order valence-corrected chi connectivity index (χ2v) is 5.27. The zero-order chi connectivity index (χ0) is 14.6. The van der Waals surface area contributed by atoms with Crippen LogP contribution in [-0.2, 0) is 9.24 Å². The Balaban J connectivity index is 3.19. The van der Waals surface area contributed by atoms with Gasteiger partial charge in [-0.25, -0.2) is 14.3 Å². The smallest absolute Gasteiger partial charge is 0.391 e. The van der Waals surface area contributed by atoms with Crippen LogP contribution in [-0.4, -0.2) is 42.2 Å². The molecule has 1 rings (SSSR count). The molecule has 1 heterocycles. The molecule has 19 heavy (non-hydrogen) atoms. The summed E-state index contributed by atoms with van der Waals surface area (Å²) in [4.78, 5) is 28.1. The maximum Gasteiger partial charge on any atom is 0.391 e. The third-order valence-corrected chi connectivity index (χ3v) is 2.30. The van der Waals surface area contributed by atoms with Crippen LogP contribution in [0.3, 0.4) is 0 Å². The zero-order valence-corrected chi connectivity index (χ0v) is 11.6. The van der Waals surface area contributed by atoms with Crippen molar-refractivity contribution in [3.63, 3.8) is 0 Å². The molecule has 0 spiro atoms. The van der Waals surface area contributed by atoms with Gasteiger partial charge in [0.2, 0.25) is 0 Å². The summed E-state index contributed by atoms with van der Waals surface area (Å²) in [6.07, 6.45) is 0. The largest absolute Gasteiger partial charge is 0.462 e. The lowest BCUT2D eigenvalue weighted by Gasteiger charge is -2.03. The molecule has 10 nitrogen and oxygen atoms in total. The van der Waals surface area contributed by atoms with Gasteiger partial charge in [-0.05, 0) is 13.8 Å². The highest BCUT2D eigenvalue weighted by molar-refractivity contribution is 8.12. The van der Waals surface area contributed by atoms with E-state index in [4.69, 9.17) is 20.3 Å². The molecule has 0 aromatic carbocycles. The van der Waals surface area contributed by atoms with Crippen LogP contribution in [0.1, 0.15) is 13.8 Å². The SMILES string of the molecule is CCOc1nn(C(=O)NS(=O)(=O)Cl)c(=O)n1OCC. The van der Waals surface area contributed by atoms with Crippen molar-refractivity contribution in [2.45, 2.75) is 13.8 Å². The molecule has 0 saturated heterocycles. The van der Waals surface area contributed by atoms with Gasteiger partial charge in [0.05, 0.1) is 6.61 Å². The molecule has 0 saturated carbocycles. The molecule has 0 unspecified atom stereocenters. The Bertz CT molecular complexity index is 620. The fourth-order valence-corrected chi connectivity index (χ4v) is 1.57. The number of ether oxygens (including phenoxy) is 1. The van der Waals surface area contributed by atoms with Gasteiger partial charge < -0.3 is 9.57 Å². The molecule has 0 aliphatic carbocycles. The van der Waals surface area contributed by atoms with E-state index in [0.29, 0.717) is 4.73 Å². The highest BCUT2D eigenvalue weighted by Crippen LogP contribution is 2.02. The van der Waals surface area contributed by atoms with Gasteiger partial charge >= 0.3 is 27.0 Å². The number of hydrogen-bond acceptors (Lipinski definition) is 7. The zero-order valence-electron chi connectivity index (χ0n) is 9.99. The minimum Gasteiger partial charge on any atom is -0.462 e. The first kappa shape index (κ1) is 15.3. The van der Waals surface area contributed by atoms with Crippen LogP contribution < -0.4 is 20.0 Å². The summed E-state index contributed by atoms with van der Waals surface area (Å²) in [5.74, 6) is 0. The first-order chi connectivity index (χ1) is 8.80. The minimum atomic E-state index is -4.33. The Labute approximate surface area is 112 Å². The van der Waals surface area contributed by atoms with E-state index < -0.39 is 21.0 Å². The molecule has 1 amide bonds. The summed E-state index contributed by atoms with van der Waals surface area (Å²) in [6.45, 7) is 3.51. The Morgan fingerprint density at radius 1 is 1.42 bits per heavy atom. The summed E-state index contributed by atoms with van der Waals surface area (Å²) < 4.78 is 28.6. The lowest BCUT2D eigenvalue weighted by Crippen LogP contribution is -2.40. The van der Waals surface area contributed by atoms with Crippen LogP contribution in [0.25, 0.3) is 0 Å². The predicted octanol–water partition coefficient (Wildman–Crippen LogP) is -1.07. The lowest BCUT2D eigenvalue weighted by atomic mass is 10.9. The van der Waals surface area contributed by atoms with Gasteiger partial charge in [0, 0.05) is 10.7 Å². The third-order valence-electron chi connectivity index (χ3n) is 1.65. The van der Waals surface area contributed by atoms with Gasteiger partial charge in [-0.3, -0.25) is 0 Å². The molecule has 0 atom stereocenters.